The van der Waals surface area contributed by atoms with E-state index >= 15 is 0 Å². The molecule has 1 unspecified atom stereocenters. The molecule has 2 aliphatic rings. The van der Waals surface area contributed by atoms with Crippen LogP contribution in [0.1, 0.15) is 31.1 Å². The summed E-state index contributed by atoms with van der Waals surface area (Å²) in [5.74, 6) is 0.327. The van der Waals surface area contributed by atoms with Gasteiger partial charge < -0.3 is 4.42 Å². The fraction of sp³-hybridized carbons (Fsp3) is 0.333. The highest BCUT2D eigenvalue weighted by Crippen LogP contribution is 2.64. The van der Waals surface area contributed by atoms with E-state index < -0.39 is 15.8 Å². The first-order chi connectivity index (χ1) is 14.4. The zero-order chi connectivity index (χ0) is 20.9. The van der Waals surface area contributed by atoms with E-state index in [1.807, 2.05) is 30.3 Å². The Hall–Kier alpha value is -2.29. The van der Waals surface area contributed by atoms with Crippen molar-refractivity contribution in [3.05, 3.63) is 65.3 Å². The maximum absolute atomic E-state index is 14.3. The summed E-state index contributed by atoms with van der Waals surface area (Å²) in [6.07, 6.45) is 2.23. The van der Waals surface area contributed by atoms with Gasteiger partial charge in [-0.3, -0.25) is 0 Å². The predicted octanol–water partition coefficient (Wildman–Crippen LogP) is 4.49. The van der Waals surface area contributed by atoms with Crippen molar-refractivity contribution in [2.75, 3.05) is 13.1 Å². The molecule has 30 heavy (non-hydrogen) atoms. The van der Waals surface area contributed by atoms with E-state index in [2.05, 4.69) is 10.2 Å². The van der Waals surface area contributed by atoms with Crippen molar-refractivity contribution in [3.63, 3.8) is 0 Å². The Morgan fingerprint density at radius 1 is 1.07 bits per heavy atom. The summed E-state index contributed by atoms with van der Waals surface area (Å²) in [7, 11) is -3.93. The Bertz CT molecular complexity index is 1190. The molecule has 1 saturated heterocycles. The molecule has 1 aliphatic carbocycles. The number of hydrogen-bond donors (Lipinski definition) is 0. The quantitative estimate of drug-likeness (QED) is 0.589. The van der Waals surface area contributed by atoms with Gasteiger partial charge in [0.2, 0.25) is 21.8 Å². The summed E-state index contributed by atoms with van der Waals surface area (Å²) in [6, 6.07) is 13.6. The van der Waals surface area contributed by atoms with Gasteiger partial charge in [-0.2, -0.15) is 4.31 Å². The Labute approximate surface area is 178 Å². The molecule has 156 valence electrons. The molecule has 1 aromatic heterocycles. The van der Waals surface area contributed by atoms with E-state index in [9.17, 15) is 12.8 Å². The van der Waals surface area contributed by atoms with E-state index in [0.717, 1.165) is 12.0 Å². The third kappa shape index (κ3) is 3.23. The van der Waals surface area contributed by atoms with E-state index in [4.69, 9.17) is 16.0 Å². The van der Waals surface area contributed by atoms with Crippen LogP contribution in [0.5, 0.6) is 0 Å². The SMILES string of the molecule is O=S(=O)(c1cccc(Cl)c1F)N1CCC2(CC1)CC2c1nnc(-c2ccccc2)o1. The molecular formula is C21H19ClFN3O3S. The molecule has 2 aromatic carbocycles. The number of rotatable bonds is 4. The summed E-state index contributed by atoms with van der Waals surface area (Å²) in [6.45, 7) is 0.648. The fourth-order valence-electron chi connectivity index (χ4n) is 4.32. The van der Waals surface area contributed by atoms with Crippen LogP contribution in [0.2, 0.25) is 5.02 Å². The van der Waals surface area contributed by atoms with E-state index in [1.54, 1.807) is 0 Å². The van der Waals surface area contributed by atoms with Crippen molar-refractivity contribution in [2.45, 2.75) is 30.1 Å². The molecule has 0 bridgehead atoms. The maximum atomic E-state index is 14.3. The van der Waals surface area contributed by atoms with Crippen LogP contribution >= 0.6 is 11.6 Å². The smallest absolute Gasteiger partial charge is 0.247 e. The minimum absolute atomic E-state index is 0.0284. The first-order valence-electron chi connectivity index (χ1n) is 9.74. The van der Waals surface area contributed by atoms with Gasteiger partial charge in [0.05, 0.1) is 5.02 Å². The minimum atomic E-state index is -3.93. The lowest BCUT2D eigenvalue weighted by Crippen LogP contribution is -2.39. The number of halogens is 2. The van der Waals surface area contributed by atoms with Gasteiger partial charge in [0, 0.05) is 24.6 Å². The van der Waals surface area contributed by atoms with Gasteiger partial charge >= 0.3 is 0 Å². The normalized spacial score (nSPS) is 21.1. The first-order valence-corrected chi connectivity index (χ1v) is 11.6. The molecule has 5 rings (SSSR count). The summed E-state index contributed by atoms with van der Waals surface area (Å²) in [5, 5.41) is 8.19. The topological polar surface area (TPSA) is 76.3 Å². The highest BCUT2D eigenvalue weighted by molar-refractivity contribution is 7.89. The average Bonchev–Trinajstić information content (AvgIpc) is 3.22. The van der Waals surface area contributed by atoms with Crippen molar-refractivity contribution in [1.82, 2.24) is 14.5 Å². The monoisotopic (exact) mass is 447 g/mol. The fourth-order valence-corrected chi connectivity index (χ4v) is 6.08. The third-order valence-corrected chi connectivity index (χ3v) is 8.41. The van der Waals surface area contributed by atoms with Gasteiger partial charge in [-0.25, -0.2) is 12.8 Å². The molecule has 1 atom stereocenters. The predicted molar refractivity (Wildman–Crippen MR) is 109 cm³/mol. The minimum Gasteiger partial charge on any atom is -0.420 e. The van der Waals surface area contributed by atoms with Crippen molar-refractivity contribution in [2.24, 2.45) is 5.41 Å². The Morgan fingerprint density at radius 3 is 2.53 bits per heavy atom. The molecule has 1 saturated carbocycles. The lowest BCUT2D eigenvalue weighted by atomic mass is 9.92. The second-order valence-corrected chi connectivity index (χ2v) is 10.2. The van der Waals surface area contributed by atoms with Gasteiger partial charge in [-0.05, 0) is 48.9 Å². The number of benzene rings is 2. The number of piperidine rings is 1. The molecular weight excluding hydrogens is 429 g/mol. The van der Waals surface area contributed by atoms with E-state index in [1.165, 1.54) is 22.5 Å². The molecule has 9 heteroatoms. The van der Waals surface area contributed by atoms with Gasteiger partial charge in [0.1, 0.15) is 4.90 Å². The highest BCUT2D eigenvalue weighted by Gasteiger charge is 2.59. The highest BCUT2D eigenvalue weighted by atomic mass is 35.5. The lowest BCUT2D eigenvalue weighted by Gasteiger charge is -2.32. The van der Waals surface area contributed by atoms with Gasteiger partial charge in [-0.1, -0.05) is 35.9 Å². The van der Waals surface area contributed by atoms with Crippen LogP contribution in [0.25, 0.3) is 11.5 Å². The zero-order valence-corrected chi connectivity index (χ0v) is 17.5. The molecule has 2 fully saturated rings. The number of hydrogen-bond acceptors (Lipinski definition) is 5. The average molecular weight is 448 g/mol. The Morgan fingerprint density at radius 2 is 1.80 bits per heavy atom. The largest absolute Gasteiger partial charge is 0.420 e. The van der Waals surface area contributed by atoms with Crippen LogP contribution in [-0.2, 0) is 10.0 Å². The summed E-state index contributed by atoms with van der Waals surface area (Å²) in [4.78, 5) is -0.372. The van der Waals surface area contributed by atoms with E-state index in [0.29, 0.717) is 37.7 Å². The number of nitrogens with zero attached hydrogens (tertiary/aromatic N) is 3. The van der Waals surface area contributed by atoms with Crippen LogP contribution in [0.4, 0.5) is 4.39 Å². The van der Waals surface area contributed by atoms with Gasteiger partial charge in [-0.15, -0.1) is 10.2 Å². The summed E-state index contributed by atoms with van der Waals surface area (Å²) < 4.78 is 47.3. The molecule has 0 radical (unpaired) electrons. The lowest BCUT2D eigenvalue weighted by molar-refractivity contribution is 0.245. The van der Waals surface area contributed by atoms with Crippen LogP contribution < -0.4 is 0 Å². The molecule has 3 aromatic rings. The summed E-state index contributed by atoms with van der Waals surface area (Å²) >= 11 is 5.77. The first kappa shape index (κ1) is 19.7. The van der Waals surface area contributed by atoms with Crippen molar-refractivity contribution < 1.29 is 17.2 Å². The molecule has 2 heterocycles. The second-order valence-electron chi connectivity index (χ2n) is 7.89. The molecule has 0 N–H and O–H groups in total. The van der Waals surface area contributed by atoms with Crippen molar-refractivity contribution in [3.8, 4) is 11.5 Å². The standard InChI is InChI=1S/C21H19ClFN3O3S/c22-16-7-4-8-17(18(16)23)30(27,28)26-11-9-21(10-12-26)13-15(21)20-25-24-19(29-20)14-5-2-1-3-6-14/h1-8,15H,9-13H2. The Kier molecular flexibility index (Phi) is 4.68. The van der Waals surface area contributed by atoms with Crippen molar-refractivity contribution >= 4 is 21.6 Å². The van der Waals surface area contributed by atoms with Crippen LogP contribution in [0, 0.1) is 11.2 Å². The van der Waals surface area contributed by atoms with Crippen molar-refractivity contribution in [1.29, 1.82) is 0 Å². The van der Waals surface area contributed by atoms with E-state index in [-0.39, 0.29) is 21.3 Å². The number of sulfonamides is 1. The molecule has 1 aliphatic heterocycles. The van der Waals surface area contributed by atoms with Crippen LogP contribution in [0.3, 0.4) is 0 Å². The zero-order valence-electron chi connectivity index (χ0n) is 16.0. The second kappa shape index (κ2) is 7.14. The third-order valence-electron chi connectivity index (χ3n) is 6.20. The van der Waals surface area contributed by atoms with Gasteiger partial charge in [0.25, 0.3) is 0 Å². The molecule has 6 nitrogen and oxygen atoms in total. The molecule has 1 spiro atoms. The molecule has 0 amide bonds. The van der Waals surface area contributed by atoms with Crippen LogP contribution in [0.15, 0.2) is 57.8 Å². The Balaban J connectivity index is 1.29. The van der Waals surface area contributed by atoms with Crippen LogP contribution in [-0.4, -0.2) is 36.0 Å². The number of aromatic nitrogens is 2. The maximum Gasteiger partial charge on any atom is 0.247 e. The summed E-state index contributed by atoms with van der Waals surface area (Å²) in [5.41, 5.74) is 0.842. The van der Waals surface area contributed by atoms with Gasteiger partial charge in [0.15, 0.2) is 5.82 Å².